The lowest BCUT2D eigenvalue weighted by Gasteiger charge is -2.30. The van der Waals surface area contributed by atoms with Crippen molar-refractivity contribution in [3.8, 4) is 0 Å². The number of hydrogen-bond donors (Lipinski definition) is 3. The van der Waals surface area contributed by atoms with Gasteiger partial charge in [-0.1, -0.05) is 29.8 Å². The van der Waals surface area contributed by atoms with Crippen LogP contribution in [0.5, 0.6) is 0 Å². The molecule has 2 aromatic carbocycles. The summed E-state index contributed by atoms with van der Waals surface area (Å²) in [6.45, 7) is 0. The molecule has 0 aliphatic heterocycles. The van der Waals surface area contributed by atoms with E-state index in [1.54, 1.807) is 30.3 Å². The maximum absolute atomic E-state index is 13.7. The highest BCUT2D eigenvalue weighted by Gasteiger charge is 2.24. The smallest absolute Gasteiger partial charge is 0.407 e. The van der Waals surface area contributed by atoms with Gasteiger partial charge in [-0.25, -0.2) is 9.18 Å². The highest BCUT2D eigenvalue weighted by molar-refractivity contribution is 6.31. The molecule has 1 fully saturated rings. The lowest BCUT2D eigenvalue weighted by Crippen LogP contribution is -2.45. The molecule has 0 radical (unpaired) electrons. The first-order valence-electron chi connectivity index (χ1n) is 9.95. The molecule has 0 saturated heterocycles. The lowest BCUT2D eigenvalue weighted by atomic mass is 9.91. The van der Waals surface area contributed by atoms with E-state index in [0.29, 0.717) is 11.3 Å². The fourth-order valence-electron chi connectivity index (χ4n) is 3.41. The molecule has 31 heavy (non-hydrogen) atoms. The van der Waals surface area contributed by atoms with Gasteiger partial charge in [-0.15, -0.1) is 0 Å². The molecule has 1 saturated carbocycles. The van der Waals surface area contributed by atoms with Crippen molar-refractivity contribution in [2.75, 3.05) is 12.4 Å². The van der Waals surface area contributed by atoms with Crippen molar-refractivity contribution in [2.24, 2.45) is 4.99 Å². The van der Waals surface area contributed by atoms with Crippen LogP contribution in [0.15, 0.2) is 53.5 Å². The second-order valence-corrected chi connectivity index (χ2v) is 7.68. The first-order valence-corrected chi connectivity index (χ1v) is 10.3. The molecule has 0 spiro atoms. The number of alkyl carbamates (subject to hydrolysis) is 1. The Morgan fingerprint density at radius 3 is 2.29 bits per heavy atom. The Balaban J connectivity index is 1.72. The van der Waals surface area contributed by atoms with Gasteiger partial charge in [0, 0.05) is 28.4 Å². The number of carbonyl (C=O) groups excluding carboxylic acids is 2. The van der Waals surface area contributed by atoms with Gasteiger partial charge in [-0.05, 0) is 56.0 Å². The number of benzene rings is 2. The van der Waals surface area contributed by atoms with E-state index in [-0.39, 0.29) is 23.1 Å². The number of methoxy groups -OCH3 is 1. The molecule has 0 unspecified atom stereocenters. The number of anilines is 1. The molecule has 0 aromatic heterocycles. The van der Waals surface area contributed by atoms with E-state index >= 15 is 0 Å². The first-order chi connectivity index (χ1) is 14.9. The Labute approximate surface area is 185 Å². The van der Waals surface area contributed by atoms with Crippen LogP contribution in [0.4, 0.5) is 14.9 Å². The first kappa shape index (κ1) is 22.6. The fourth-order valence-corrected chi connectivity index (χ4v) is 3.63. The minimum Gasteiger partial charge on any atom is -0.453 e. The topological polar surface area (TPSA) is 91.8 Å². The van der Waals surface area contributed by atoms with Crippen molar-refractivity contribution in [1.82, 2.24) is 10.6 Å². The Hall–Kier alpha value is -3.13. The number of rotatable bonds is 4. The van der Waals surface area contributed by atoms with Gasteiger partial charge in [0.25, 0.3) is 5.91 Å². The zero-order valence-corrected chi connectivity index (χ0v) is 17.8. The SMILES string of the molecule is COC(=O)NC1CCC(N/C(=N\C(=O)c2ccccc2)Nc2cc(F)cc(Cl)c2)CC1. The molecule has 9 heteroatoms. The predicted molar refractivity (Wildman–Crippen MR) is 118 cm³/mol. The second-order valence-electron chi connectivity index (χ2n) is 7.24. The van der Waals surface area contributed by atoms with E-state index in [9.17, 15) is 14.0 Å². The van der Waals surface area contributed by atoms with Gasteiger partial charge in [0.15, 0.2) is 0 Å². The Morgan fingerprint density at radius 2 is 1.68 bits per heavy atom. The highest BCUT2D eigenvalue weighted by atomic mass is 35.5. The zero-order valence-electron chi connectivity index (χ0n) is 17.0. The molecule has 0 heterocycles. The summed E-state index contributed by atoms with van der Waals surface area (Å²) in [7, 11) is 1.33. The molecule has 0 bridgehead atoms. The standard InChI is InChI=1S/C22H24ClFN4O3/c1-31-22(30)27-18-9-7-17(8-10-18)25-21(26-19-12-15(23)11-16(24)13-19)28-20(29)14-5-3-2-4-6-14/h2-6,11-13,17-18H,7-10H2,1H3,(H,27,30)(H2,25,26,28,29). The fraction of sp³-hybridized carbons (Fsp3) is 0.318. The van der Waals surface area contributed by atoms with Gasteiger partial charge in [0.2, 0.25) is 5.96 Å². The summed E-state index contributed by atoms with van der Waals surface area (Å²) < 4.78 is 18.4. The minimum atomic E-state index is -0.502. The maximum atomic E-state index is 13.7. The highest BCUT2D eigenvalue weighted by Crippen LogP contribution is 2.21. The number of halogens is 2. The van der Waals surface area contributed by atoms with E-state index in [2.05, 4.69) is 25.7 Å². The number of amides is 2. The summed E-state index contributed by atoms with van der Waals surface area (Å²) >= 11 is 5.94. The molecule has 7 nitrogen and oxygen atoms in total. The third-order valence-electron chi connectivity index (χ3n) is 4.93. The van der Waals surface area contributed by atoms with Gasteiger partial charge in [-0.2, -0.15) is 4.99 Å². The van der Waals surface area contributed by atoms with Crippen LogP contribution in [0.25, 0.3) is 0 Å². The van der Waals surface area contributed by atoms with Gasteiger partial charge >= 0.3 is 6.09 Å². The monoisotopic (exact) mass is 446 g/mol. The van der Waals surface area contributed by atoms with E-state index in [4.69, 9.17) is 11.6 Å². The molecular weight excluding hydrogens is 423 g/mol. The van der Waals surface area contributed by atoms with Crippen molar-refractivity contribution in [3.05, 3.63) is 64.9 Å². The quantitative estimate of drug-likeness (QED) is 0.480. The molecular formula is C22H24ClFN4O3. The number of guanidine groups is 1. The molecule has 3 rings (SSSR count). The molecule has 3 N–H and O–H groups in total. The van der Waals surface area contributed by atoms with Crippen LogP contribution in [0.3, 0.4) is 0 Å². The van der Waals surface area contributed by atoms with E-state index in [0.717, 1.165) is 25.7 Å². The summed E-state index contributed by atoms with van der Waals surface area (Å²) in [5, 5.41) is 9.24. The van der Waals surface area contributed by atoms with Crippen LogP contribution >= 0.6 is 11.6 Å². The molecule has 2 aromatic rings. The summed E-state index contributed by atoms with van der Waals surface area (Å²) in [6, 6.07) is 12.7. The van der Waals surface area contributed by atoms with Gasteiger partial charge in [0.1, 0.15) is 5.82 Å². The third-order valence-corrected chi connectivity index (χ3v) is 5.15. The van der Waals surface area contributed by atoms with Crippen molar-refractivity contribution >= 4 is 35.2 Å². The molecule has 1 aliphatic carbocycles. The summed E-state index contributed by atoms with van der Waals surface area (Å²) in [4.78, 5) is 28.2. The predicted octanol–water partition coefficient (Wildman–Crippen LogP) is 4.34. The van der Waals surface area contributed by atoms with Crippen LogP contribution in [0.1, 0.15) is 36.0 Å². The Bertz CT molecular complexity index is 927. The summed E-state index contributed by atoms with van der Waals surface area (Å²) in [5.41, 5.74) is 0.810. The van der Waals surface area contributed by atoms with Crippen LogP contribution < -0.4 is 16.0 Å². The largest absolute Gasteiger partial charge is 0.453 e. The summed E-state index contributed by atoms with van der Waals surface area (Å²) in [6.07, 6.45) is 2.55. The van der Waals surface area contributed by atoms with Crippen LogP contribution in [-0.2, 0) is 4.74 Å². The van der Waals surface area contributed by atoms with E-state index in [1.807, 2.05) is 6.07 Å². The zero-order chi connectivity index (χ0) is 22.2. The normalized spacial score (nSPS) is 18.7. The number of aliphatic imine (C=N–C) groups is 1. The van der Waals surface area contributed by atoms with Crippen molar-refractivity contribution < 1.29 is 18.7 Å². The number of carbonyl (C=O) groups is 2. The van der Waals surface area contributed by atoms with Crippen molar-refractivity contribution in [2.45, 2.75) is 37.8 Å². The van der Waals surface area contributed by atoms with E-state index < -0.39 is 17.8 Å². The molecule has 1 aliphatic rings. The van der Waals surface area contributed by atoms with Crippen LogP contribution in [0, 0.1) is 5.82 Å². The van der Waals surface area contributed by atoms with Crippen molar-refractivity contribution in [1.29, 1.82) is 0 Å². The number of ether oxygens (including phenoxy) is 1. The number of hydrogen-bond acceptors (Lipinski definition) is 3. The van der Waals surface area contributed by atoms with Gasteiger partial charge < -0.3 is 20.7 Å². The van der Waals surface area contributed by atoms with Crippen LogP contribution in [-0.4, -0.2) is 37.2 Å². The second kappa shape index (κ2) is 10.8. The van der Waals surface area contributed by atoms with Crippen LogP contribution in [0.2, 0.25) is 5.02 Å². The summed E-state index contributed by atoms with van der Waals surface area (Å²) in [5.74, 6) is -0.725. The maximum Gasteiger partial charge on any atom is 0.407 e. The Kier molecular flexibility index (Phi) is 7.83. The van der Waals surface area contributed by atoms with Gasteiger partial charge in [0.05, 0.1) is 7.11 Å². The minimum absolute atomic E-state index is 0.0227. The average Bonchev–Trinajstić information content (AvgIpc) is 2.75. The lowest BCUT2D eigenvalue weighted by molar-refractivity contribution is 0.100. The Morgan fingerprint density at radius 1 is 1.03 bits per heavy atom. The van der Waals surface area contributed by atoms with Crippen molar-refractivity contribution in [3.63, 3.8) is 0 Å². The molecule has 164 valence electrons. The third kappa shape index (κ3) is 6.96. The molecule has 2 amide bonds. The van der Waals surface area contributed by atoms with E-state index in [1.165, 1.54) is 19.2 Å². The van der Waals surface area contributed by atoms with Gasteiger partial charge in [-0.3, -0.25) is 4.79 Å². The number of nitrogens with one attached hydrogen (secondary N) is 3. The number of nitrogens with zero attached hydrogens (tertiary/aromatic N) is 1. The molecule has 0 atom stereocenters. The average molecular weight is 447 g/mol.